The normalized spacial score (nSPS) is 14.2. The van der Waals surface area contributed by atoms with E-state index in [1.54, 1.807) is 47.6 Å². The van der Waals surface area contributed by atoms with E-state index in [1.165, 1.54) is 0 Å². The van der Waals surface area contributed by atoms with Crippen LogP contribution in [-0.2, 0) is 16.1 Å². The molecule has 0 saturated carbocycles. The number of benzene rings is 1. The van der Waals surface area contributed by atoms with E-state index >= 15 is 0 Å². The topological polar surface area (TPSA) is 83.8 Å². The molecule has 2 amide bonds. The van der Waals surface area contributed by atoms with Gasteiger partial charge >= 0.3 is 0 Å². The maximum absolute atomic E-state index is 12.4. The summed E-state index contributed by atoms with van der Waals surface area (Å²) < 4.78 is 10.4. The summed E-state index contributed by atoms with van der Waals surface area (Å²) in [4.78, 5) is 25.9. The van der Waals surface area contributed by atoms with Crippen molar-refractivity contribution in [3.05, 3.63) is 54.0 Å². The molecule has 1 aromatic carbocycles. The average Bonchev–Trinajstić information content (AvgIpc) is 3.19. The van der Waals surface area contributed by atoms with Gasteiger partial charge in [0.1, 0.15) is 5.76 Å². The average molecular weight is 343 g/mol. The second kappa shape index (κ2) is 8.34. The molecule has 1 aromatic heterocycles. The predicted molar refractivity (Wildman–Crippen MR) is 92.2 cm³/mol. The van der Waals surface area contributed by atoms with Gasteiger partial charge < -0.3 is 24.7 Å². The molecular weight excluding hydrogens is 322 g/mol. The van der Waals surface area contributed by atoms with Crippen molar-refractivity contribution < 1.29 is 18.7 Å². The Kier molecular flexibility index (Phi) is 5.69. The van der Waals surface area contributed by atoms with Gasteiger partial charge in [0.2, 0.25) is 5.91 Å². The van der Waals surface area contributed by atoms with Gasteiger partial charge in [-0.25, -0.2) is 0 Å². The Hall–Kier alpha value is -2.80. The van der Waals surface area contributed by atoms with Crippen molar-refractivity contribution in [2.75, 3.05) is 38.2 Å². The molecular formula is C18H21N3O4. The Balaban J connectivity index is 1.45. The zero-order valence-corrected chi connectivity index (χ0v) is 13.9. The first-order valence-corrected chi connectivity index (χ1v) is 8.22. The molecule has 7 nitrogen and oxygen atoms in total. The summed E-state index contributed by atoms with van der Waals surface area (Å²) in [6.45, 7) is 2.91. The minimum absolute atomic E-state index is 0.00559. The van der Waals surface area contributed by atoms with Crippen molar-refractivity contribution in [1.29, 1.82) is 0 Å². The lowest BCUT2D eigenvalue weighted by Gasteiger charge is -2.26. The number of amides is 2. The Morgan fingerprint density at radius 1 is 1.08 bits per heavy atom. The Labute approximate surface area is 145 Å². The van der Waals surface area contributed by atoms with Crippen molar-refractivity contribution in [3.63, 3.8) is 0 Å². The number of anilines is 1. The zero-order chi connectivity index (χ0) is 17.5. The van der Waals surface area contributed by atoms with Crippen molar-refractivity contribution >= 4 is 17.5 Å². The van der Waals surface area contributed by atoms with Crippen LogP contribution in [0.25, 0.3) is 0 Å². The molecule has 1 saturated heterocycles. The number of rotatable bonds is 6. The quantitative estimate of drug-likeness (QED) is 0.830. The molecule has 0 unspecified atom stereocenters. The van der Waals surface area contributed by atoms with Crippen LogP contribution in [0.4, 0.5) is 5.69 Å². The molecule has 0 bridgehead atoms. The molecule has 1 aliphatic rings. The van der Waals surface area contributed by atoms with E-state index < -0.39 is 0 Å². The predicted octanol–water partition coefficient (Wildman–Crippen LogP) is 1.48. The highest BCUT2D eigenvalue weighted by Gasteiger charge is 2.18. The molecule has 25 heavy (non-hydrogen) atoms. The van der Waals surface area contributed by atoms with Crippen LogP contribution in [0.3, 0.4) is 0 Å². The van der Waals surface area contributed by atoms with Crippen molar-refractivity contribution in [3.8, 4) is 0 Å². The molecule has 0 aliphatic carbocycles. The van der Waals surface area contributed by atoms with Crippen LogP contribution in [0.15, 0.2) is 47.1 Å². The molecule has 2 heterocycles. The number of hydrogen-bond donors (Lipinski definition) is 2. The highest BCUT2D eigenvalue weighted by atomic mass is 16.5. The van der Waals surface area contributed by atoms with Crippen LogP contribution in [-0.4, -0.2) is 49.6 Å². The Morgan fingerprint density at radius 3 is 2.52 bits per heavy atom. The van der Waals surface area contributed by atoms with Gasteiger partial charge in [-0.1, -0.05) is 0 Å². The summed E-state index contributed by atoms with van der Waals surface area (Å²) in [5.41, 5.74) is 1.42. The number of hydrogen-bond acceptors (Lipinski definition) is 5. The lowest BCUT2D eigenvalue weighted by atomic mass is 10.1. The fourth-order valence-electron chi connectivity index (χ4n) is 2.52. The molecule has 0 spiro atoms. The van der Waals surface area contributed by atoms with E-state index in [9.17, 15) is 9.59 Å². The first-order valence-electron chi connectivity index (χ1n) is 8.22. The number of nitrogens with zero attached hydrogens (tertiary/aromatic N) is 1. The van der Waals surface area contributed by atoms with Gasteiger partial charge in [0.15, 0.2) is 0 Å². The number of nitrogens with one attached hydrogen (secondary N) is 2. The Morgan fingerprint density at radius 2 is 1.84 bits per heavy atom. The van der Waals surface area contributed by atoms with Gasteiger partial charge in [0.25, 0.3) is 5.91 Å². The maximum Gasteiger partial charge on any atom is 0.254 e. The second-order valence-corrected chi connectivity index (χ2v) is 5.69. The number of carbonyl (C=O) groups excluding carboxylic acids is 2. The lowest BCUT2D eigenvalue weighted by Crippen LogP contribution is -2.40. The van der Waals surface area contributed by atoms with Crippen molar-refractivity contribution in [2.24, 2.45) is 0 Å². The second-order valence-electron chi connectivity index (χ2n) is 5.69. The summed E-state index contributed by atoms with van der Waals surface area (Å²) in [5.74, 6) is 0.579. The first kappa shape index (κ1) is 17.0. The van der Waals surface area contributed by atoms with E-state index in [2.05, 4.69) is 10.6 Å². The highest BCUT2D eigenvalue weighted by molar-refractivity contribution is 5.94. The first-order chi connectivity index (χ1) is 12.2. The molecule has 0 radical (unpaired) electrons. The standard InChI is InChI=1S/C18H21N3O4/c22-17(20-12-16-2-1-9-25-16)13-19-15-5-3-14(4-6-15)18(23)21-7-10-24-11-8-21/h1-6,9,19H,7-8,10-13H2,(H,20,22). The van der Waals surface area contributed by atoms with E-state index in [0.29, 0.717) is 44.2 Å². The number of carbonyl (C=O) groups is 2. The third-order valence-electron chi connectivity index (χ3n) is 3.92. The SMILES string of the molecule is O=C(CNc1ccc(C(=O)N2CCOCC2)cc1)NCc1ccco1. The largest absolute Gasteiger partial charge is 0.467 e. The van der Waals surface area contributed by atoms with Crippen LogP contribution >= 0.6 is 0 Å². The van der Waals surface area contributed by atoms with Crippen molar-refractivity contribution in [2.45, 2.75) is 6.54 Å². The van der Waals surface area contributed by atoms with E-state index in [0.717, 1.165) is 5.69 Å². The van der Waals surface area contributed by atoms with E-state index in [4.69, 9.17) is 9.15 Å². The maximum atomic E-state index is 12.4. The summed E-state index contributed by atoms with van der Waals surface area (Å²) in [6, 6.07) is 10.7. The van der Waals surface area contributed by atoms with Crippen LogP contribution in [0.2, 0.25) is 0 Å². The summed E-state index contributed by atoms with van der Waals surface area (Å²) in [5, 5.41) is 5.79. The summed E-state index contributed by atoms with van der Waals surface area (Å²) in [6.07, 6.45) is 1.57. The minimum atomic E-state index is -0.134. The summed E-state index contributed by atoms with van der Waals surface area (Å²) >= 11 is 0. The summed E-state index contributed by atoms with van der Waals surface area (Å²) in [7, 11) is 0. The van der Waals surface area contributed by atoms with Gasteiger partial charge in [-0.15, -0.1) is 0 Å². The number of furan rings is 1. The van der Waals surface area contributed by atoms with Gasteiger partial charge in [-0.2, -0.15) is 0 Å². The van der Waals surface area contributed by atoms with Crippen LogP contribution < -0.4 is 10.6 Å². The molecule has 132 valence electrons. The molecule has 3 rings (SSSR count). The molecule has 2 aromatic rings. The van der Waals surface area contributed by atoms with E-state index in [1.807, 2.05) is 0 Å². The molecule has 7 heteroatoms. The monoisotopic (exact) mass is 343 g/mol. The van der Waals surface area contributed by atoms with Gasteiger partial charge in [0.05, 0.1) is 32.6 Å². The van der Waals surface area contributed by atoms with Crippen LogP contribution in [0, 0.1) is 0 Å². The third kappa shape index (κ3) is 4.84. The van der Waals surface area contributed by atoms with Gasteiger partial charge in [-0.05, 0) is 36.4 Å². The van der Waals surface area contributed by atoms with Gasteiger partial charge in [-0.3, -0.25) is 9.59 Å². The van der Waals surface area contributed by atoms with Crippen molar-refractivity contribution in [1.82, 2.24) is 10.2 Å². The molecule has 0 atom stereocenters. The van der Waals surface area contributed by atoms with Crippen LogP contribution in [0.5, 0.6) is 0 Å². The zero-order valence-electron chi connectivity index (χ0n) is 13.9. The molecule has 1 fully saturated rings. The number of morpholine rings is 1. The smallest absolute Gasteiger partial charge is 0.254 e. The van der Waals surface area contributed by atoms with Gasteiger partial charge in [0, 0.05) is 24.3 Å². The Bertz CT molecular complexity index is 692. The highest BCUT2D eigenvalue weighted by Crippen LogP contribution is 2.12. The number of ether oxygens (including phenoxy) is 1. The molecule has 2 N–H and O–H groups in total. The molecule has 1 aliphatic heterocycles. The third-order valence-corrected chi connectivity index (χ3v) is 3.92. The lowest BCUT2D eigenvalue weighted by molar-refractivity contribution is -0.119. The minimum Gasteiger partial charge on any atom is -0.467 e. The van der Waals surface area contributed by atoms with Crippen LogP contribution in [0.1, 0.15) is 16.1 Å². The fraction of sp³-hybridized carbons (Fsp3) is 0.333. The van der Waals surface area contributed by atoms with E-state index in [-0.39, 0.29) is 18.4 Å². The fourth-order valence-corrected chi connectivity index (χ4v) is 2.52.